The van der Waals surface area contributed by atoms with Crippen LogP contribution in [0, 0.1) is 3.57 Å². The van der Waals surface area contributed by atoms with Crippen molar-refractivity contribution in [3.05, 3.63) is 33.4 Å². The molecular formula is C11H15IS. The highest BCUT2D eigenvalue weighted by Gasteiger charge is 1.93. The molecule has 13 heavy (non-hydrogen) atoms. The molecule has 2 heteroatoms. The molecular weight excluding hydrogens is 291 g/mol. The van der Waals surface area contributed by atoms with Gasteiger partial charge in [-0.25, -0.2) is 0 Å². The zero-order chi connectivity index (χ0) is 9.52. The Balaban J connectivity index is 2.25. The molecule has 0 heterocycles. The van der Waals surface area contributed by atoms with Gasteiger partial charge in [-0.05, 0) is 52.5 Å². The van der Waals surface area contributed by atoms with Gasteiger partial charge >= 0.3 is 0 Å². The third-order valence-electron chi connectivity index (χ3n) is 1.82. The van der Waals surface area contributed by atoms with Crippen LogP contribution in [0.1, 0.15) is 25.3 Å². The van der Waals surface area contributed by atoms with Crippen molar-refractivity contribution < 1.29 is 0 Å². The lowest BCUT2D eigenvalue weighted by Gasteiger charge is -2.00. The largest absolute Gasteiger partial charge is 0.157 e. The van der Waals surface area contributed by atoms with Gasteiger partial charge in [0, 0.05) is 9.32 Å². The van der Waals surface area contributed by atoms with E-state index in [0.29, 0.717) is 0 Å². The minimum absolute atomic E-state index is 1.16. The van der Waals surface area contributed by atoms with Crippen molar-refractivity contribution in [3.63, 3.8) is 0 Å². The van der Waals surface area contributed by atoms with Crippen molar-refractivity contribution in [2.24, 2.45) is 0 Å². The standard InChI is InChI=1S/C11H15IS/c1-2-3-8-13-9-10-4-6-11(12)7-5-10/h4-7H,2-3,8-9H2,1H3. The Hall–Kier alpha value is 0.300. The molecule has 0 aliphatic heterocycles. The van der Waals surface area contributed by atoms with Gasteiger partial charge in [-0.15, -0.1) is 0 Å². The first kappa shape index (κ1) is 11.4. The van der Waals surface area contributed by atoms with Gasteiger partial charge in [0.15, 0.2) is 0 Å². The van der Waals surface area contributed by atoms with Gasteiger partial charge < -0.3 is 0 Å². The molecule has 0 atom stereocenters. The van der Waals surface area contributed by atoms with Crippen molar-refractivity contribution in [2.45, 2.75) is 25.5 Å². The lowest BCUT2D eigenvalue weighted by molar-refractivity contribution is 0.896. The monoisotopic (exact) mass is 306 g/mol. The molecule has 0 saturated heterocycles. The van der Waals surface area contributed by atoms with Gasteiger partial charge in [-0.1, -0.05) is 25.5 Å². The van der Waals surface area contributed by atoms with Crippen LogP contribution >= 0.6 is 34.4 Å². The van der Waals surface area contributed by atoms with Crippen molar-refractivity contribution >= 4 is 34.4 Å². The summed E-state index contributed by atoms with van der Waals surface area (Å²) >= 11 is 4.38. The highest BCUT2D eigenvalue weighted by Crippen LogP contribution is 2.15. The predicted molar refractivity (Wildman–Crippen MR) is 70.2 cm³/mol. The highest BCUT2D eigenvalue weighted by molar-refractivity contribution is 14.1. The quantitative estimate of drug-likeness (QED) is 0.576. The molecule has 1 aromatic carbocycles. The molecule has 1 rings (SSSR count). The van der Waals surface area contributed by atoms with E-state index in [1.54, 1.807) is 0 Å². The summed E-state index contributed by atoms with van der Waals surface area (Å²) in [5, 5.41) is 0. The first-order valence-corrected chi connectivity index (χ1v) is 6.88. The minimum Gasteiger partial charge on any atom is -0.157 e. The first-order valence-electron chi connectivity index (χ1n) is 4.65. The van der Waals surface area contributed by atoms with Gasteiger partial charge in [0.05, 0.1) is 0 Å². The predicted octanol–water partition coefficient (Wildman–Crippen LogP) is 4.32. The lowest BCUT2D eigenvalue weighted by atomic mass is 10.2. The smallest absolute Gasteiger partial charge is 0.0184 e. The van der Waals surface area contributed by atoms with E-state index >= 15 is 0 Å². The maximum atomic E-state index is 2.34. The minimum atomic E-state index is 1.16. The topological polar surface area (TPSA) is 0 Å². The number of hydrogen-bond acceptors (Lipinski definition) is 1. The van der Waals surface area contributed by atoms with E-state index in [-0.39, 0.29) is 0 Å². The van der Waals surface area contributed by atoms with Gasteiger partial charge in [0.2, 0.25) is 0 Å². The highest BCUT2D eigenvalue weighted by atomic mass is 127. The van der Waals surface area contributed by atoms with E-state index in [4.69, 9.17) is 0 Å². The molecule has 0 aliphatic rings. The molecule has 0 N–H and O–H groups in total. The van der Waals surface area contributed by atoms with Crippen LogP contribution in [0.25, 0.3) is 0 Å². The number of rotatable bonds is 5. The molecule has 0 unspecified atom stereocenters. The summed E-state index contributed by atoms with van der Waals surface area (Å²) in [5.74, 6) is 2.46. The molecule has 0 saturated carbocycles. The summed E-state index contributed by atoms with van der Waals surface area (Å²) in [6.45, 7) is 2.24. The average molecular weight is 306 g/mol. The van der Waals surface area contributed by atoms with Crippen LogP contribution in [0.3, 0.4) is 0 Å². The number of unbranched alkanes of at least 4 members (excludes halogenated alkanes) is 1. The van der Waals surface area contributed by atoms with Crippen molar-refractivity contribution in [1.29, 1.82) is 0 Å². The fourth-order valence-electron chi connectivity index (χ4n) is 1.02. The first-order chi connectivity index (χ1) is 6.33. The maximum Gasteiger partial charge on any atom is 0.0184 e. The number of benzene rings is 1. The molecule has 72 valence electrons. The van der Waals surface area contributed by atoms with Gasteiger partial charge in [0.25, 0.3) is 0 Å². The number of thioether (sulfide) groups is 1. The van der Waals surface area contributed by atoms with E-state index in [2.05, 4.69) is 53.8 Å². The van der Waals surface area contributed by atoms with E-state index in [1.165, 1.54) is 27.7 Å². The molecule has 0 radical (unpaired) electrons. The van der Waals surface area contributed by atoms with E-state index in [9.17, 15) is 0 Å². The van der Waals surface area contributed by atoms with Crippen molar-refractivity contribution in [3.8, 4) is 0 Å². The van der Waals surface area contributed by atoms with Crippen LogP contribution in [0.2, 0.25) is 0 Å². The molecule has 0 spiro atoms. The van der Waals surface area contributed by atoms with Crippen LogP contribution < -0.4 is 0 Å². The van der Waals surface area contributed by atoms with Crippen LogP contribution in [0.4, 0.5) is 0 Å². The SMILES string of the molecule is CCCCSCc1ccc(I)cc1. The Morgan fingerprint density at radius 1 is 1.23 bits per heavy atom. The fraction of sp³-hybridized carbons (Fsp3) is 0.455. The molecule has 0 aromatic heterocycles. The Morgan fingerprint density at radius 2 is 1.92 bits per heavy atom. The second-order valence-corrected chi connectivity index (χ2v) is 5.38. The molecule has 0 aliphatic carbocycles. The lowest BCUT2D eigenvalue weighted by Crippen LogP contribution is -1.83. The number of halogens is 1. The zero-order valence-electron chi connectivity index (χ0n) is 7.92. The normalized spacial score (nSPS) is 10.3. The summed E-state index contributed by atoms with van der Waals surface area (Å²) in [6, 6.07) is 8.80. The summed E-state index contributed by atoms with van der Waals surface area (Å²) < 4.78 is 1.32. The molecule has 1 aromatic rings. The Morgan fingerprint density at radius 3 is 2.54 bits per heavy atom. The van der Waals surface area contributed by atoms with Crippen LogP contribution in [0.15, 0.2) is 24.3 Å². The molecule has 0 nitrogen and oxygen atoms in total. The van der Waals surface area contributed by atoms with Gasteiger partial charge in [-0.3, -0.25) is 0 Å². The van der Waals surface area contributed by atoms with Gasteiger partial charge in [0.1, 0.15) is 0 Å². The van der Waals surface area contributed by atoms with Gasteiger partial charge in [-0.2, -0.15) is 11.8 Å². The average Bonchev–Trinajstić information content (AvgIpc) is 2.15. The van der Waals surface area contributed by atoms with Crippen LogP contribution in [0.5, 0.6) is 0 Å². The third-order valence-corrected chi connectivity index (χ3v) is 3.66. The maximum absolute atomic E-state index is 2.34. The summed E-state index contributed by atoms with van der Waals surface area (Å²) in [7, 11) is 0. The fourth-order valence-corrected chi connectivity index (χ4v) is 2.44. The second kappa shape index (κ2) is 6.71. The zero-order valence-corrected chi connectivity index (χ0v) is 10.9. The van der Waals surface area contributed by atoms with E-state index in [1.807, 2.05) is 11.8 Å². The Kier molecular flexibility index (Phi) is 5.87. The molecule has 0 bridgehead atoms. The van der Waals surface area contributed by atoms with Crippen LogP contribution in [-0.4, -0.2) is 5.75 Å². The summed E-state index contributed by atoms with van der Waals surface area (Å²) in [5.41, 5.74) is 1.45. The second-order valence-electron chi connectivity index (χ2n) is 3.03. The van der Waals surface area contributed by atoms with Crippen molar-refractivity contribution in [1.82, 2.24) is 0 Å². The summed E-state index contributed by atoms with van der Waals surface area (Å²) in [4.78, 5) is 0. The summed E-state index contributed by atoms with van der Waals surface area (Å²) in [6.07, 6.45) is 2.65. The van der Waals surface area contributed by atoms with Crippen molar-refractivity contribution in [2.75, 3.05) is 5.75 Å². The van der Waals surface area contributed by atoms with E-state index < -0.39 is 0 Å². The Bertz CT molecular complexity index is 230. The number of hydrogen-bond donors (Lipinski definition) is 0. The third kappa shape index (κ3) is 4.91. The Labute approximate surface area is 98.6 Å². The molecule has 0 amide bonds. The van der Waals surface area contributed by atoms with Crippen LogP contribution in [-0.2, 0) is 5.75 Å². The molecule has 0 fully saturated rings. The van der Waals surface area contributed by atoms with E-state index in [0.717, 1.165) is 5.75 Å².